The van der Waals surface area contributed by atoms with Gasteiger partial charge in [0.2, 0.25) is 11.8 Å². The first-order valence-corrected chi connectivity index (χ1v) is 13.2. The van der Waals surface area contributed by atoms with E-state index in [0.29, 0.717) is 37.4 Å². The fourth-order valence-electron chi connectivity index (χ4n) is 4.60. The lowest BCUT2D eigenvalue weighted by Crippen LogP contribution is -2.50. The Kier molecular flexibility index (Phi) is 9.34. The minimum atomic E-state index is -0.621. The molecule has 0 fully saturated rings. The summed E-state index contributed by atoms with van der Waals surface area (Å²) >= 11 is 6.11. The molecule has 0 aliphatic heterocycles. The van der Waals surface area contributed by atoms with Crippen LogP contribution in [0.25, 0.3) is 10.8 Å². The zero-order valence-electron chi connectivity index (χ0n) is 21.2. The largest absolute Gasteiger partial charge is 0.354 e. The van der Waals surface area contributed by atoms with Crippen molar-refractivity contribution in [2.45, 2.75) is 45.2 Å². The molecule has 4 aromatic rings. The third-order valence-corrected chi connectivity index (χ3v) is 6.83. The van der Waals surface area contributed by atoms with Gasteiger partial charge in [0.1, 0.15) is 6.04 Å². The molecule has 0 aliphatic carbocycles. The van der Waals surface area contributed by atoms with E-state index in [9.17, 15) is 9.59 Å². The Morgan fingerprint density at radius 1 is 0.838 bits per heavy atom. The van der Waals surface area contributed by atoms with Gasteiger partial charge in [-0.15, -0.1) is 0 Å². The second-order valence-corrected chi connectivity index (χ2v) is 9.72. The van der Waals surface area contributed by atoms with E-state index in [1.165, 1.54) is 0 Å². The number of rotatable bonds is 11. The first-order chi connectivity index (χ1) is 18.0. The molecule has 0 aliphatic rings. The van der Waals surface area contributed by atoms with Crippen molar-refractivity contribution in [3.05, 3.63) is 119 Å². The first kappa shape index (κ1) is 26.4. The molecule has 0 unspecified atom stereocenters. The number of carbonyl (C=O) groups is 2. The van der Waals surface area contributed by atoms with Crippen LogP contribution in [0.2, 0.25) is 5.02 Å². The number of nitrogens with one attached hydrogen (secondary N) is 1. The number of fused-ring (bicyclic) bond motifs is 1. The third-order valence-electron chi connectivity index (χ3n) is 6.57. The highest BCUT2D eigenvalue weighted by atomic mass is 35.5. The Hall–Kier alpha value is -3.63. The van der Waals surface area contributed by atoms with Gasteiger partial charge in [0.25, 0.3) is 0 Å². The van der Waals surface area contributed by atoms with Crippen LogP contribution in [0.5, 0.6) is 0 Å². The van der Waals surface area contributed by atoms with Gasteiger partial charge in [-0.1, -0.05) is 103 Å². The van der Waals surface area contributed by atoms with E-state index in [0.717, 1.165) is 33.9 Å². The quantitative estimate of drug-likeness (QED) is 0.246. The minimum Gasteiger partial charge on any atom is -0.354 e. The zero-order valence-corrected chi connectivity index (χ0v) is 22.0. The number of aryl methyl sites for hydroxylation is 1. The summed E-state index contributed by atoms with van der Waals surface area (Å²) in [5.74, 6) is -0.173. The predicted octanol–water partition coefficient (Wildman–Crippen LogP) is 6.59. The molecule has 4 aromatic carbocycles. The molecule has 0 radical (unpaired) electrons. The molecular formula is C32H33ClN2O2. The molecule has 1 atom stereocenters. The molecule has 0 spiro atoms. The van der Waals surface area contributed by atoms with Gasteiger partial charge in [0.15, 0.2) is 0 Å². The summed E-state index contributed by atoms with van der Waals surface area (Å²) in [5.41, 5.74) is 3.08. The maximum absolute atomic E-state index is 13.9. The molecule has 4 nitrogen and oxygen atoms in total. The second-order valence-electron chi connectivity index (χ2n) is 9.28. The Morgan fingerprint density at radius 2 is 1.54 bits per heavy atom. The molecule has 37 heavy (non-hydrogen) atoms. The number of amides is 2. The molecule has 4 rings (SSSR count). The highest BCUT2D eigenvalue weighted by Crippen LogP contribution is 2.22. The van der Waals surface area contributed by atoms with Gasteiger partial charge in [-0.3, -0.25) is 9.59 Å². The van der Waals surface area contributed by atoms with E-state index in [-0.39, 0.29) is 11.8 Å². The number of hydrogen-bond donors (Lipinski definition) is 1. The van der Waals surface area contributed by atoms with Crippen LogP contribution in [0, 0.1) is 0 Å². The third kappa shape index (κ3) is 7.21. The number of carbonyl (C=O) groups excluding carboxylic acids is 2. The van der Waals surface area contributed by atoms with Crippen LogP contribution in [0.4, 0.5) is 0 Å². The van der Waals surface area contributed by atoms with Crippen molar-refractivity contribution < 1.29 is 9.59 Å². The van der Waals surface area contributed by atoms with Crippen LogP contribution in [0.1, 0.15) is 36.5 Å². The van der Waals surface area contributed by atoms with Crippen molar-refractivity contribution >= 4 is 34.2 Å². The SMILES string of the molecule is CCCNC(=O)[C@@H](Cc1ccccc1)N(Cc1ccc(Cl)cc1)C(=O)CCc1cccc2ccccc12. The Labute approximate surface area is 224 Å². The summed E-state index contributed by atoms with van der Waals surface area (Å²) in [6.07, 6.45) is 2.19. The van der Waals surface area contributed by atoms with E-state index in [4.69, 9.17) is 11.6 Å². The molecule has 2 amide bonds. The highest BCUT2D eigenvalue weighted by molar-refractivity contribution is 6.30. The molecule has 0 aromatic heterocycles. The van der Waals surface area contributed by atoms with Crippen molar-refractivity contribution in [3.63, 3.8) is 0 Å². The standard InChI is InChI=1S/C32H33ClN2O2/c1-2-21-34-32(37)30(22-24-9-4-3-5-10-24)35(23-25-15-18-28(33)19-16-25)31(36)20-17-27-13-8-12-26-11-6-7-14-29(26)27/h3-16,18-19,30H,2,17,20-23H2,1H3,(H,34,37)/t30-/m1/s1. The van der Waals surface area contributed by atoms with E-state index >= 15 is 0 Å². The van der Waals surface area contributed by atoms with Crippen molar-refractivity contribution in [3.8, 4) is 0 Å². The highest BCUT2D eigenvalue weighted by Gasteiger charge is 2.30. The Balaban J connectivity index is 1.62. The molecular weight excluding hydrogens is 480 g/mol. The Morgan fingerprint density at radius 3 is 2.30 bits per heavy atom. The molecule has 0 heterocycles. The minimum absolute atomic E-state index is 0.0459. The number of hydrogen-bond acceptors (Lipinski definition) is 2. The van der Waals surface area contributed by atoms with E-state index < -0.39 is 6.04 Å². The predicted molar refractivity (Wildman–Crippen MR) is 152 cm³/mol. The van der Waals surface area contributed by atoms with E-state index in [1.807, 2.05) is 79.7 Å². The molecule has 1 N–H and O–H groups in total. The van der Waals surface area contributed by atoms with Gasteiger partial charge in [-0.05, 0) is 52.4 Å². The lowest BCUT2D eigenvalue weighted by atomic mass is 9.99. The van der Waals surface area contributed by atoms with Crippen molar-refractivity contribution in [2.75, 3.05) is 6.54 Å². The van der Waals surface area contributed by atoms with E-state index in [1.54, 1.807) is 4.90 Å². The van der Waals surface area contributed by atoms with Crippen molar-refractivity contribution in [1.29, 1.82) is 0 Å². The summed E-state index contributed by atoms with van der Waals surface area (Å²) in [7, 11) is 0. The molecule has 0 saturated carbocycles. The van der Waals surface area contributed by atoms with Crippen molar-refractivity contribution in [1.82, 2.24) is 10.2 Å². The lowest BCUT2D eigenvalue weighted by Gasteiger charge is -2.31. The summed E-state index contributed by atoms with van der Waals surface area (Å²) in [6, 6.07) is 31.1. The summed E-state index contributed by atoms with van der Waals surface area (Å²) < 4.78 is 0. The molecule has 5 heteroatoms. The molecule has 0 bridgehead atoms. The van der Waals surface area contributed by atoms with Crippen LogP contribution < -0.4 is 5.32 Å². The van der Waals surface area contributed by atoms with Gasteiger partial charge in [0.05, 0.1) is 0 Å². The van der Waals surface area contributed by atoms with Gasteiger partial charge >= 0.3 is 0 Å². The van der Waals surface area contributed by atoms with Crippen LogP contribution in [-0.2, 0) is 29.0 Å². The van der Waals surface area contributed by atoms with Crippen molar-refractivity contribution in [2.24, 2.45) is 0 Å². The maximum atomic E-state index is 13.9. The summed E-state index contributed by atoms with van der Waals surface area (Å²) in [6.45, 7) is 2.93. The van der Waals surface area contributed by atoms with Crippen LogP contribution in [0.3, 0.4) is 0 Å². The van der Waals surface area contributed by atoms with Crippen LogP contribution >= 0.6 is 11.6 Å². The van der Waals surface area contributed by atoms with Gasteiger partial charge in [0, 0.05) is 31.0 Å². The average molecular weight is 513 g/mol. The fourth-order valence-corrected chi connectivity index (χ4v) is 4.73. The van der Waals surface area contributed by atoms with Crippen LogP contribution in [0.15, 0.2) is 97.1 Å². The van der Waals surface area contributed by atoms with Gasteiger partial charge in [-0.2, -0.15) is 0 Å². The number of benzene rings is 4. The van der Waals surface area contributed by atoms with Crippen LogP contribution in [-0.4, -0.2) is 29.3 Å². The molecule has 190 valence electrons. The smallest absolute Gasteiger partial charge is 0.243 e. The topological polar surface area (TPSA) is 49.4 Å². The normalized spacial score (nSPS) is 11.7. The monoisotopic (exact) mass is 512 g/mol. The van der Waals surface area contributed by atoms with E-state index in [2.05, 4.69) is 29.6 Å². The lowest BCUT2D eigenvalue weighted by molar-refractivity contribution is -0.141. The summed E-state index contributed by atoms with van der Waals surface area (Å²) in [4.78, 5) is 29.0. The van der Waals surface area contributed by atoms with Gasteiger partial charge in [-0.25, -0.2) is 0 Å². The Bertz CT molecular complexity index is 1320. The first-order valence-electron chi connectivity index (χ1n) is 12.9. The number of halogens is 1. The second kappa shape index (κ2) is 13.1. The zero-order chi connectivity index (χ0) is 26.0. The maximum Gasteiger partial charge on any atom is 0.243 e. The van der Waals surface area contributed by atoms with Gasteiger partial charge < -0.3 is 10.2 Å². The fraction of sp³-hybridized carbons (Fsp3) is 0.250. The molecule has 0 saturated heterocycles. The number of nitrogens with zero attached hydrogens (tertiary/aromatic N) is 1. The average Bonchev–Trinajstić information content (AvgIpc) is 2.93. The summed E-state index contributed by atoms with van der Waals surface area (Å²) in [5, 5.41) is 5.98.